The number of ether oxygens (including phenoxy) is 1. The summed E-state index contributed by atoms with van der Waals surface area (Å²) >= 11 is 0. The van der Waals surface area contributed by atoms with Crippen LogP contribution in [0, 0.1) is 11.8 Å². The molecule has 2 rings (SSSR count). The average Bonchev–Trinajstić information content (AvgIpc) is 2.72. The fraction of sp³-hybridized carbons (Fsp3) is 0.640. The molecule has 1 aromatic carbocycles. The Morgan fingerprint density at radius 2 is 1.42 bits per heavy atom. The van der Waals surface area contributed by atoms with E-state index in [1.807, 2.05) is 19.1 Å². The smallest absolute Gasteiger partial charge is 0.493 e. The topological polar surface area (TPSA) is 88.1 Å². The first kappa shape index (κ1) is 26.9. The fourth-order valence-corrected chi connectivity index (χ4v) is 7.26. The standard InChI is InChI=1S/C25H38O7Si/c1-6-7-22-8-10-23(11-9-22)24-12-14-25(15-13-24)29-16-18(2)17-33(30-19(3)26,31-20(4)27)32-21(5)28/h12-15,18,22-23H,6-11,16-17H2,1-5H3/t18?,22-,23-. The maximum Gasteiger partial charge on any atom is 0.705 e. The Bertz CT molecular complexity index is 744. The molecule has 1 aliphatic carbocycles. The van der Waals surface area contributed by atoms with Crippen LogP contribution in [-0.2, 0) is 27.7 Å². The molecule has 0 aromatic heterocycles. The van der Waals surface area contributed by atoms with Crippen LogP contribution in [0.15, 0.2) is 24.3 Å². The van der Waals surface area contributed by atoms with Gasteiger partial charge >= 0.3 is 8.80 Å². The lowest BCUT2D eigenvalue weighted by molar-refractivity contribution is -0.148. The van der Waals surface area contributed by atoms with E-state index in [1.54, 1.807) is 0 Å². The third-order valence-corrected chi connectivity index (χ3v) is 8.92. The Morgan fingerprint density at radius 3 is 1.88 bits per heavy atom. The van der Waals surface area contributed by atoms with E-state index in [4.69, 9.17) is 18.0 Å². The third kappa shape index (κ3) is 9.19. The summed E-state index contributed by atoms with van der Waals surface area (Å²) in [5, 5.41) is 0. The Hall–Kier alpha value is -2.35. The second-order valence-electron chi connectivity index (χ2n) is 9.16. The molecule has 1 aliphatic rings. The van der Waals surface area contributed by atoms with E-state index in [0.29, 0.717) is 12.5 Å². The van der Waals surface area contributed by atoms with Crippen molar-refractivity contribution in [3.63, 3.8) is 0 Å². The summed E-state index contributed by atoms with van der Waals surface area (Å²) in [4.78, 5) is 34.8. The van der Waals surface area contributed by atoms with Crippen LogP contribution in [0.3, 0.4) is 0 Å². The van der Waals surface area contributed by atoms with Crippen LogP contribution in [0.4, 0.5) is 0 Å². The van der Waals surface area contributed by atoms with Crippen molar-refractivity contribution in [2.45, 2.75) is 85.1 Å². The zero-order valence-corrected chi connectivity index (χ0v) is 21.6. The first-order valence-electron chi connectivity index (χ1n) is 11.9. The first-order valence-corrected chi connectivity index (χ1v) is 13.9. The SMILES string of the molecule is CCC[C@H]1CC[C@H](c2ccc(OCC(C)C[Si](OC(C)=O)(OC(C)=O)OC(C)=O)cc2)CC1. The van der Waals surface area contributed by atoms with Gasteiger partial charge in [0, 0.05) is 20.8 Å². The highest BCUT2D eigenvalue weighted by Gasteiger charge is 2.52. The Kier molecular flexibility index (Phi) is 10.4. The van der Waals surface area contributed by atoms with E-state index in [9.17, 15) is 14.4 Å². The second kappa shape index (κ2) is 12.8. The quantitative estimate of drug-likeness (QED) is 0.393. The summed E-state index contributed by atoms with van der Waals surface area (Å²) in [6, 6.07) is 8.33. The van der Waals surface area contributed by atoms with Gasteiger partial charge in [0.15, 0.2) is 0 Å². The lowest BCUT2D eigenvalue weighted by Gasteiger charge is -2.29. The predicted octanol–water partition coefficient (Wildman–Crippen LogP) is 5.40. The van der Waals surface area contributed by atoms with E-state index < -0.39 is 26.7 Å². The van der Waals surface area contributed by atoms with Crippen LogP contribution >= 0.6 is 0 Å². The van der Waals surface area contributed by atoms with Crippen molar-refractivity contribution < 1.29 is 32.4 Å². The summed E-state index contributed by atoms with van der Waals surface area (Å²) < 4.78 is 21.7. The van der Waals surface area contributed by atoms with Crippen molar-refractivity contribution in [2.75, 3.05) is 6.61 Å². The molecule has 1 fully saturated rings. The van der Waals surface area contributed by atoms with Crippen molar-refractivity contribution in [1.29, 1.82) is 0 Å². The normalized spacial score (nSPS) is 19.3. The average molecular weight is 479 g/mol. The molecule has 8 heteroatoms. The van der Waals surface area contributed by atoms with Crippen LogP contribution in [0.1, 0.15) is 84.6 Å². The minimum absolute atomic E-state index is 0.0881. The molecule has 33 heavy (non-hydrogen) atoms. The highest BCUT2D eigenvalue weighted by molar-refractivity contribution is 6.65. The van der Waals surface area contributed by atoms with Gasteiger partial charge in [-0.2, -0.15) is 0 Å². The van der Waals surface area contributed by atoms with Crippen molar-refractivity contribution in [3.8, 4) is 5.75 Å². The molecule has 1 aromatic rings. The van der Waals surface area contributed by atoms with E-state index >= 15 is 0 Å². The summed E-state index contributed by atoms with van der Waals surface area (Å²) in [6.45, 7) is 7.98. The van der Waals surface area contributed by atoms with Crippen molar-refractivity contribution in [1.82, 2.24) is 0 Å². The molecule has 0 spiro atoms. The second-order valence-corrected chi connectivity index (χ2v) is 11.5. The molecule has 0 amide bonds. The largest absolute Gasteiger partial charge is 0.705 e. The van der Waals surface area contributed by atoms with Gasteiger partial charge in [-0.05, 0) is 61.1 Å². The summed E-state index contributed by atoms with van der Waals surface area (Å²) in [6.07, 6.45) is 7.73. The van der Waals surface area contributed by atoms with Gasteiger partial charge < -0.3 is 18.0 Å². The van der Waals surface area contributed by atoms with E-state index in [1.165, 1.54) is 64.9 Å². The molecule has 1 unspecified atom stereocenters. The van der Waals surface area contributed by atoms with Crippen molar-refractivity contribution in [3.05, 3.63) is 29.8 Å². The van der Waals surface area contributed by atoms with Crippen molar-refractivity contribution >= 4 is 26.7 Å². The predicted molar refractivity (Wildman–Crippen MR) is 127 cm³/mol. The number of carbonyl (C=O) groups excluding carboxylic acids is 3. The highest BCUT2D eigenvalue weighted by Crippen LogP contribution is 2.38. The molecule has 0 bridgehead atoms. The molecule has 1 atom stereocenters. The van der Waals surface area contributed by atoms with Gasteiger partial charge in [0.1, 0.15) is 5.75 Å². The summed E-state index contributed by atoms with van der Waals surface area (Å²) in [5.74, 6) is 0.0453. The number of rotatable bonds is 11. The van der Waals surface area contributed by atoms with Crippen molar-refractivity contribution in [2.24, 2.45) is 11.8 Å². The van der Waals surface area contributed by atoms with Crippen LogP contribution in [-0.4, -0.2) is 33.3 Å². The zero-order chi connectivity index (χ0) is 24.4. The Labute approximate surface area is 198 Å². The van der Waals surface area contributed by atoms with Gasteiger partial charge in [-0.25, -0.2) is 0 Å². The zero-order valence-electron chi connectivity index (χ0n) is 20.6. The van der Waals surface area contributed by atoms with Gasteiger partial charge in [0.2, 0.25) is 0 Å². The molecule has 0 saturated heterocycles. The molecule has 0 N–H and O–H groups in total. The van der Waals surface area contributed by atoms with Gasteiger partial charge in [0.25, 0.3) is 17.9 Å². The lowest BCUT2D eigenvalue weighted by Crippen LogP contribution is -2.50. The number of benzene rings is 1. The lowest BCUT2D eigenvalue weighted by atomic mass is 9.77. The Balaban J connectivity index is 1.94. The van der Waals surface area contributed by atoms with Crippen LogP contribution in [0.5, 0.6) is 5.75 Å². The van der Waals surface area contributed by atoms with Gasteiger partial charge in [-0.1, -0.05) is 38.8 Å². The molecule has 7 nitrogen and oxygen atoms in total. The van der Waals surface area contributed by atoms with Gasteiger partial charge in [-0.15, -0.1) is 0 Å². The molecular formula is C25H38O7Si. The molecule has 0 radical (unpaired) electrons. The summed E-state index contributed by atoms with van der Waals surface area (Å²) in [7, 11) is -3.86. The first-order chi connectivity index (χ1) is 15.6. The monoisotopic (exact) mass is 478 g/mol. The van der Waals surface area contributed by atoms with Crippen LogP contribution < -0.4 is 4.74 Å². The molecule has 0 heterocycles. The fourth-order valence-electron chi connectivity index (χ4n) is 4.60. The van der Waals surface area contributed by atoms with E-state index in [0.717, 1.165) is 11.7 Å². The number of hydrogen-bond donors (Lipinski definition) is 0. The number of carbonyl (C=O) groups is 3. The Morgan fingerprint density at radius 1 is 0.909 bits per heavy atom. The van der Waals surface area contributed by atoms with Crippen LogP contribution in [0.25, 0.3) is 0 Å². The molecular weight excluding hydrogens is 440 g/mol. The third-order valence-electron chi connectivity index (χ3n) is 5.93. The molecule has 1 saturated carbocycles. The van der Waals surface area contributed by atoms with Gasteiger partial charge in [0.05, 0.1) is 12.7 Å². The molecule has 184 valence electrons. The minimum Gasteiger partial charge on any atom is -0.493 e. The van der Waals surface area contributed by atoms with Crippen LogP contribution in [0.2, 0.25) is 6.04 Å². The van der Waals surface area contributed by atoms with E-state index in [-0.39, 0.29) is 12.0 Å². The maximum absolute atomic E-state index is 11.6. The molecule has 0 aliphatic heterocycles. The van der Waals surface area contributed by atoms with Gasteiger partial charge in [-0.3, -0.25) is 14.4 Å². The summed E-state index contributed by atoms with van der Waals surface area (Å²) in [5.41, 5.74) is 1.36. The minimum atomic E-state index is -3.86. The number of hydrogen-bond acceptors (Lipinski definition) is 7. The highest BCUT2D eigenvalue weighted by atomic mass is 28.4. The van der Waals surface area contributed by atoms with E-state index in [2.05, 4.69) is 19.1 Å². The maximum atomic E-state index is 11.6.